The molecule has 3 aliphatic heterocycles. The third-order valence-electron chi connectivity index (χ3n) is 6.58. The van der Waals surface area contributed by atoms with Gasteiger partial charge in [-0.15, -0.1) is 0 Å². The van der Waals surface area contributed by atoms with Crippen LogP contribution >= 0.6 is 23.4 Å². The molecule has 0 N–H and O–H groups in total. The summed E-state index contributed by atoms with van der Waals surface area (Å²) in [4.78, 5) is 46.4. The van der Waals surface area contributed by atoms with Gasteiger partial charge in [0.2, 0.25) is 11.9 Å². The summed E-state index contributed by atoms with van der Waals surface area (Å²) in [5.74, 6) is 1.62. The summed E-state index contributed by atoms with van der Waals surface area (Å²) in [6.45, 7) is 5.55. The lowest BCUT2D eigenvalue weighted by molar-refractivity contribution is -0.534. The monoisotopic (exact) mass is 527 g/mol. The normalized spacial score (nSPS) is 20.3. The molecular formula is C24H28ClN8O2S+. The second kappa shape index (κ2) is 10.1. The van der Waals surface area contributed by atoms with Gasteiger partial charge in [0.25, 0.3) is 5.91 Å². The van der Waals surface area contributed by atoms with Crippen molar-refractivity contribution in [2.45, 2.75) is 18.1 Å². The molecule has 0 saturated carbocycles. The molecule has 36 heavy (non-hydrogen) atoms. The summed E-state index contributed by atoms with van der Waals surface area (Å²) in [7, 11) is 3.19. The highest BCUT2D eigenvalue weighted by Gasteiger charge is 2.55. The molecule has 10 nitrogen and oxygen atoms in total. The molecule has 2 saturated heterocycles. The highest BCUT2D eigenvalue weighted by Crippen LogP contribution is 2.25. The number of aromatic nitrogens is 2. The minimum Gasteiger partial charge on any atom is -0.365 e. The fourth-order valence-electron chi connectivity index (χ4n) is 4.64. The Bertz CT molecular complexity index is 1260. The van der Waals surface area contributed by atoms with Gasteiger partial charge >= 0.3 is 12.0 Å². The fourth-order valence-corrected chi connectivity index (χ4v) is 5.63. The van der Waals surface area contributed by atoms with Gasteiger partial charge in [-0.2, -0.15) is 0 Å². The lowest BCUT2D eigenvalue weighted by atomic mass is 10.1. The summed E-state index contributed by atoms with van der Waals surface area (Å²) in [5, 5.41) is 1.42. The number of benzene rings is 1. The minimum atomic E-state index is -0.627. The number of urea groups is 1. The topological polar surface area (TPSA) is 88.2 Å². The molecule has 188 valence electrons. The quantitative estimate of drug-likeness (QED) is 0.334. The first-order valence-corrected chi connectivity index (χ1v) is 13.1. The molecule has 4 heterocycles. The average molecular weight is 528 g/mol. The predicted molar refractivity (Wildman–Crippen MR) is 140 cm³/mol. The predicted octanol–water partition coefficient (Wildman–Crippen LogP) is 2.03. The number of nitrogens with zero attached hydrogens (tertiary/aromatic N) is 8. The van der Waals surface area contributed by atoms with Gasteiger partial charge in [0.05, 0.1) is 19.6 Å². The van der Waals surface area contributed by atoms with Crippen molar-refractivity contribution in [2.24, 2.45) is 4.99 Å². The van der Waals surface area contributed by atoms with Gasteiger partial charge in [0.15, 0.2) is 5.16 Å². The zero-order valence-electron chi connectivity index (χ0n) is 20.5. The van der Waals surface area contributed by atoms with Crippen LogP contribution in [0.1, 0.15) is 5.69 Å². The highest BCUT2D eigenvalue weighted by molar-refractivity contribution is 7.99. The van der Waals surface area contributed by atoms with Crippen molar-refractivity contribution >= 4 is 52.8 Å². The molecule has 0 spiro atoms. The molecule has 2 aromatic rings. The number of piperazine rings is 1. The number of likely N-dealkylation sites (N-methyl/N-ethyl adjacent to an activating group) is 2. The largest absolute Gasteiger partial charge is 0.392 e. The SMILES string of the molecule is Cc1ccnc(SCCN2C(=[N+]3CCN(c4cccc(Cl)c4)CC3)N=C3C2C(=O)N(C)C(=O)N3C)n1. The number of hydrogen-bond acceptors (Lipinski definition) is 6. The number of hydrogen-bond donors (Lipinski definition) is 0. The number of amides is 3. The van der Waals surface area contributed by atoms with Gasteiger partial charge in [-0.05, 0) is 31.2 Å². The van der Waals surface area contributed by atoms with Crippen LogP contribution in [0.2, 0.25) is 5.02 Å². The van der Waals surface area contributed by atoms with E-state index in [4.69, 9.17) is 16.6 Å². The third kappa shape index (κ3) is 4.64. The standard InChI is InChI=1S/C24H28ClN8O2S/c1-16-7-8-26-22(27-16)36-14-13-33-19-20(29(2)24(35)30(3)21(19)34)28-23(33)32-11-9-31(10-12-32)18-6-4-5-17(25)15-18/h4-8,15,19H,9-14H2,1-3H3/q+1. The molecule has 2 fully saturated rings. The Morgan fingerprint density at radius 2 is 1.92 bits per heavy atom. The van der Waals surface area contributed by atoms with E-state index in [1.807, 2.05) is 36.1 Å². The van der Waals surface area contributed by atoms with Crippen LogP contribution in [0, 0.1) is 6.92 Å². The van der Waals surface area contributed by atoms with Crippen molar-refractivity contribution < 1.29 is 14.2 Å². The number of anilines is 1. The van der Waals surface area contributed by atoms with E-state index in [2.05, 4.69) is 25.5 Å². The van der Waals surface area contributed by atoms with Crippen LogP contribution in [-0.4, -0.2) is 112 Å². The molecule has 1 unspecified atom stereocenters. The Morgan fingerprint density at radius 3 is 2.64 bits per heavy atom. The lowest BCUT2D eigenvalue weighted by Gasteiger charge is -2.34. The van der Waals surface area contributed by atoms with Crippen LogP contribution in [0.15, 0.2) is 46.7 Å². The van der Waals surface area contributed by atoms with Crippen molar-refractivity contribution in [3.05, 3.63) is 47.2 Å². The van der Waals surface area contributed by atoms with E-state index >= 15 is 0 Å². The zero-order chi connectivity index (χ0) is 25.4. The summed E-state index contributed by atoms with van der Waals surface area (Å²) < 4.78 is 2.20. The van der Waals surface area contributed by atoms with E-state index in [9.17, 15) is 9.59 Å². The molecule has 1 atom stereocenters. The minimum absolute atomic E-state index is 0.263. The summed E-state index contributed by atoms with van der Waals surface area (Å²) in [6, 6.07) is 8.73. The maximum Gasteiger partial charge on any atom is 0.392 e. The highest BCUT2D eigenvalue weighted by atomic mass is 35.5. The van der Waals surface area contributed by atoms with Crippen LogP contribution in [-0.2, 0) is 4.79 Å². The van der Waals surface area contributed by atoms with Crippen LogP contribution in [0.25, 0.3) is 0 Å². The number of carbonyl (C=O) groups excluding carboxylic acids is 2. The van der Waals surface area contributed by atoms with Crippen molar-refractivity contribution in [2.75, 3.05) is 57.5 Å². The first-order valence-electron chi connectivity index (χ1n) is 11.8. The van der Waals surface area contributed by atoms with Gasteiger partial charge in [-0.25, -0.2) is 19.7 Å². The van der Waals surface area contributed by atoms with Gasteiger partial charge in [0, 0.05) is 55.5 Å². The number of halogens is 1. The number of guanidine groups is 1. The molecule has 0 bridgehead atoms. The maximum atomic E-state index is 13.2. The molecule has 1 aromatic heterocycles. The number of fused-ring (bicyclic) bond motifs is 1. The van der Waals surface area contributed by atoms with Gasteiger partial charge < -0.3 is 4.90 Å². The number of amidine groups is 1. The van der Waals surface area contributed by atoms with Crippen LogP contribution in [0.5, 0.6) is 0 Å². The van der Waals surface area contributed by atoms with E-state index < -0.39 is 6.04 Å². The van der Waals surface area contributed by atoms with Crippen LogP contribution in [0.4, 0.5) is 10.5 Å². The number of aliphatic imine (C=N–C) groups is 1. The Labute approximate surface area is 219 Å². The first-order chi connectivity index (χ1) is 17.3. The van der Waals surface area contributed by atoms with Crippen molar-refractivity contribution in [3.63, 3.8) is 0 Å². The molecule has 5 rings (SSSR count). The van der Waals surface area contributed by atoms with Crippen molar-refractivity contribution in [1.29, 1.82) is 0 Å². The van der Waals surface area contributed by atoms with E-state index in [0.717, 1.165) is 43.5 Å². The van der Waals surface area contributed by atoms with Crippen LogP contribution < -0.4 is 4.90 Å². The molecule has 3 aliphatic rings. The molecule has 0 radical (unpaired) electrons. The van der Waals surface area contributed by atoms with E-state index in [1.165, 1.54) is 28.6 Å². The Balaban J connectivity index is 1.39. The Hall–Kier alpha value is -3.18. The summed E-state index contributed by atoms with van der Waals surface area (Å²) in [6.07, 6.45) is 1.75. The molecule has 3 amide bonds. The maximum absolute atomic E-state index is 13.2. The van der Waals surface area contributed by atoms with Crippen molar-refractivity contribution in [1.82, 2.24) is 24.7 Å². The molecule has 12 heteroatoms. The number of aryl methyl sites for hydroxylation is 1. The molecular weight excluding hydrogens is 500 g/mol. The second-order valence-electron chi connectivity index (χ2n) is 8.89. The average Bonchev–Trinajstić information content (AvgIpc) is 3.26. The number of thioether (sulfide) groups is 1. The summed E-state index contributed by atoms with van der Waals surface area (Å²) >= 11 is 7.73. The van der Waals surface area contributed by atoms with E-state index in [1.54, 1.807) is 13.2 Å². The number of rotatable bonds is 5. The van der Waals surface area contributed by atoms with Crippen LogP contribution in [0.3, 0.4) is 0 Å². The molecule has 1 aromatic carbocycles. The fraction of sp³-hybridized carbons (Fsp3) is 0.417. The van der Waals surface area contributed by atoms with Crippen molar-refractivity contribution in [3.8, 4) is 0 Å². The second-order valence-corrected chi connectivity index (χ2v) is 10.4. The van der Waals surface area contributed by atoms with Gasteiger partial charge in [-0.3, -0.25) is 19.2 Å². The Kier molecular flexibility index (Phi) is 6.85. The first kappa shape index (κ1) is 24.5. The summed E-state index contributed by atoms with van der Waals surface area (Å²) in [5.41, 5.74) is 2.00. The van der Waals surface area contributed by atoms with Gasteiger partial charge in [0.1, 0.15) is 0 Å². The number of imide groups is 1. The lowest BCUT2D eigenvalue weighted by Crippen LogP contribution is -2.63. The van der Waals surface area contributed by atoms with E-state index in [-0.39, 0.29) is 11.9 Å². The van der Waals surface area contributed by atoms with E-state index in [0.29, 0.717) is 28.3 Å². The zero-order valence-corrected chi connectivity index (χ0v) is 22.0. The third-order valence-corrected chi connectivity index (χ3v) is 7.66. The smallest absolute Gasteiger partial charge is 0.365 e. The molecule has 0 aliphatic carbocycles. The Morgan fingerprint density at radius 1 is 1.14 bits per heavy atom. The van der Waals surface area contributed by atoms with Gasteiger partial charge in [-0.1, -0.05) is 34.4 Å². The number of carbonyl (C=O) groups is 2.